The van der Waals surface area contributed by atoms with E-state index < -0.39 is 11.9 Å². The largest absolute Gasteiger partial charge is 0.481 e. The van der Waals surface area contributed by atoms with E-state index >= 15 is 0 Å². The van der Waals surface area contributed by atoms with Crippen LogP contribution < -0.4 is 4.90 Å². The number of hydrogen-bond donors (Lipinski definition) is 1. The summed E-state index contributed by atoms with van der Waals surface area (Å²) in [5.74, 6) is -0.608. The van der Waals surface area contributed by atoms with Crippen molar-refractivity contribution in [2.24, 2.45) is 0 Å². The Hall–Kier alpha value is -2.56. The molecule has 0 fully saturated rings. The van der Waals surface area contributed by atoms with E-state index in [1.54, 1.807) is 44.2 Å². The quantitative estimate of drug-likeness (QED) is 0.921. The average Bonchev–Trinajstić information content (AvgIpc) is 2.98. The Morgan fingerprint density at radius 3 is 2.62 bits per heavy atom. The molecule has 1 aromatic carbocycles. The first-order valence-electron chi connectivity index (χ1n) is 6.69. The Labute approximate surface area is 121 Å². The number of carbonyl (C=O) groups is 2. The number of carbonyl (C=O) groups excluding carboxylic acids is 1. The minimum absolute atomic E-state index is 0.150. The van der Waals surface area contributed by atoms with Crippen LogP contribution >= 0.6 is 0 Å². The van der Waals surface area contributed by atoms with Crippen molar-refractivity contribution < 1.29 is 19.1 Å². The highest BCUT2D eigenvalue weighted by Crippen LogP contribution is 2.37. The van der Waals surface area contributed by atoms with Gasteiger partial charge in [0, 0.05) is 12.2 Å². The first-order valence-corrected chi connectivity index (χ1v) is 6.69. The van der Waals surface area contributed by atoms with Crippen molar-refractivity contribution in [3.8, 4) is 0 Å². The summed E-state index contributed by atoms with van der Waals surface area (Å²) in [5, 5.41) is 9.33. The predicted molar refractivity (Wildman–Crippen MR) is 76.7 cm³/mol. The van der Waals surface area contributed by atoms with E-state index in [0.29, 0.717) is 28.3 Å². The minimum Gasteiger partial charge on any atom is -0.481 e. The van der Waals surface area contributed by atoms with Crippen molar-refractivity contribution >= 4 is 17.6 Å². The van der Waals surface area contributed by atoms with Crippen molar-refractivity contribution in [1.82, 2.24) is 0 Å². The standard InChI is InChI=1S/C16H15NO4/c1-9-7-12(10(2)21-9)15(18)17-8-13(16(19)20)11-5-3-4-6-14(11)17/h3-7,13H,8H2,1-2H3,(H,19,20)/t13-/m0/s1. The number of carboxylic acid groups (broad SMARTS) is 1. The smallest absolute Gasteiger partial charge is 0.312 e. The third kappa shape index (κ3) is 2.11. The van der Waals surface area contributed by atoms with Crippen LogP contribution in [-0.4, -0.2) is 23.5 Å². The maximum atomic E-state index is 12.7. The molecular formula is C16H15NO4. The zero-order valence-electron chi connectivity index (χ0n) is 11.8. The SMILES string of the molecule is Cc1cc(C(=O)N2C[C@H](C(=O)O)c3ccccc32)c(C)o1. The zero-order valence-corrected chi connectivity index (χ0v) is 11.8. The first kappa shape index (κ1) is 13.4. The van der Waals surface area contributed by atoms with E-state index in [4.69, 9.17) is 4.42 Å². The number of anilines is 1. The number of rotatable bonds is 2. The molecule has 1 aliphatic heterocycles. The summed E-state index contributed by atoms with van der Waals surface area (Å²) in [6.45, 7) is 3.66. The lowest BCUT2D eigenvalue weighted by Crippen LogP contribution is -2.31. The molecule has 0 bridgehead atoms. The maximum Gasteiger partial charge on any atom is 0.312 e. The van der Waals surface area contributed by atoms with Crippen LogP contribution in [0.25, 0.3) is 0 Å². The molecule has 0 spiro atoms. The molecule has 0 radical (unpaired) electrons. The summed E-state index contributed by atoms with van der Waals surface area (Å²) in [7, 11) is 0. The summed E-state index contributed by atoms with van der Waals surface area (Å²) in [4.78, 5) is 25.6. The number of amides is 1. The van der Waals surface area contributed by atoms with E-state index in [0.717, 1.165) is 0 Å². The van der Waals surface area contributed by atoms with Crippen LogP contribution in [0.3, 0.4) is 0 Å². The van der Waals surface area contributed by atoms with Gasteiger partial charge in [0.2, 0.25) is 0 Å². The second kappa shape index (κ2) is 4.77. The van der Waals surface area contributed by atoms with E-state index in [2.05, 4.69) is 0 Å². The van der Waals surface area contributed by atoms with Gasteiger partial charge in [0.05, 0.1) is 5.56 Å². The zero-order chi connectivity index (χ0) is 15.1. The van der Waals surface area contributed by atoms with Crippen LogP contribution in [0.15, 0.2) is 34.7 Å². The normalized spacial score (nSPS) is 16.9. The third-order valence-electron chi connectivity index (χ3n) is 3.78. The lowest BCUT2D eigenvalue weighted by atomic mass is 10.0. The Kier molecular flexibility index (Phi) is 3.05. The highest BCUT2D eigenvalue weighted by molar-refractivity contribution is 6.09. The number of nitrogens with zero attached hydrogens (tertiary/aromatic N) is 1. The van der Waals surface area contributed by atoms with E-state index in [-0.39, 0.29) is 12.5 Å². The lowest BCUT2D eigenvalue weighted by Gasteiger charge is -2.16. The second-order valence-corrected chi connectivity index (χ2v) is 5.19. The number of hydrogen-bond acceptors (Lipinski definition) is 3. The van der Waals surface area contributed by atoms with E-state index in [9.17, 15) is 14.7 Å². The molecule has 21 heavy (non-hydrogen) atoms. The van der Waals surface area contributed by atoms with Crippen LogP contribution in [-0.2, 0) is 4.79 Å². The van der Waals surface area contributed by atoms with Crippen molar-refractivity contribution in [1.29, 1.82) is 0 Å². The molecule has 0 aliphatic carbocycles. The lowest BCUT2D eigenvalue weighted by molar-refractivity contribution is -0.138. The number of fused-ring (bicyclic) bond motifs is 1. The highest BCUT2D eigenvalue weighted by Gasteiger charge is 2.37. The molecule has 1 aromatic heterocycles. The topological polar surface area (TPSA) is 70.8 Å². The first-order chi connectivity index (χ1) is 9.99. The Morgan fingerprint density at radius 1 is 1.29 bits per heavy atom. The summed E-state index contributed by atoms with van der Waals surface area (Å²) < 4.78 is 5.39. The minimum atomic E-state index is -0.919. The molecule has 5 heteroatoms. The van der Waals surface area contributed by atoms with Gasteiger partial charge >= 0.3 is 5.97 Å². The van der Waals surface area contributed by atoms with Gasteiger partial charge in [0.15, 0.2) is 0 Å². The number of para-hydroxylation sites is 1. The monoisotopic (exact) mass is 285 g/mol. The molecule has 2 heterocycles. The molecule has 0 saturated carbocycles. The molecule has 5 nitrogen and oxygen atoms in total. The highest BCUT2D eigenvalue weighted by atomic mass is 16.4. The molecule has 108 valence electrons. The van der Waals surface area contributed by atoms with Gasteiger partial charge in [-0.25, -0.2) is 0 Å². The van der Waals surface area contributed by atoms with Gasteiger partial charge in [-0.3, -0.25) is 9.59 Å². The fourth-order valence-corrected chi connectivity index (χ4v) is 2.80. The Morgan fingerprint density at radius 2 is 2.00 bits per heavy atom. The molecule has 1 amide bonds. The fraction of sp³-hybridized carbons (Fsp3) is 0.250. The summed E-state index contributed by atoms with van der Waals surface area (Å²) in [5.41, 5.74) is 1.82. The average molecular weight is 285 g/mol. The predicted octanol–water partition coefficient (Wildman–Crippen LogP) is 2.73. The Bertz CT molecular complexity index is 732. The van der Waals surface area contributed by atoms with Crippen molar-refractivity contribution in [3.63, 3.8) is 0 Å². The van der Waals surface area contributed by atoms with Gasteiger partial charge in [0.1, 0.15) is 17.4 Å². The molecule has 1 N–H and O–H groups in total. The van der Waals surface area contributed by atoms with Crippen LogP contribution in [0, 0.1) is 13.8 Å². The summed E-state index contributed by atoms with van der Waals surface area (Å²) in [6.07, 6.45) is 0. The summed E-state index contributed by atoms with van der Waals surface area (Å²) in [6, 6.07) is 8.81. The number of benzene rings is 1. The Balaban J connectivity index is 2.02. The van der Waals surface area contributed by atoms with Gasteiger partial charge in [-0.05, 0) is 31.5 Å². The van der Waals surface area contributed by atoms with Gasteiger partial charge in [-0.1, -0.05) is 18.2 Å². The maximum absolute atomic E-state index is 12.7. The van der Waals surface area contributed by atoms with Crippen LogP contribution in [0.2, 0.25) is 0 Å². The molecular weight excluding hydrogens is 270 g/mol. The third-order valence-corrected chi connectivity index (χ3v) is 3.78. The number of carboxylic acids is 1. The number of aliphatic carboxylic acids is 1. The van der Waals surface area contributed by atoms with Gasteiger partial charge in [-0.2, -0.15) is 0 Å². The number of furan rings is 1. The van der Waals surface area contributed by atoms with Gasteiger partial charge in [-0.15, -0.1) is 0 Å². The molecule has 3 rings (SSSR count). The van der Waals surface area contributed by atoms with Crippen molar-refractivity contribution in [2.45, 2.75) is 19.8 Å². The van der Waals surface area contributed by atoms with Crippen molar-refractivity contribution in [3.05, 3.63) is 53.0 Å². The van der Waals surface area contributed by atoms with E-state index in [1.807, 2.05) is 0 Å². The second-order valence-electron chi connectivity index (χ2n) is 5.19. The molecule has 0 unspecified atom stereocenters. The van der Waals surface area contributed by atoms with Crippen molar-refractivity contribution in [2.75, 3.05) is 11.4 Å². The molecule has 2 aromatic rings. The number of aryl methyl sites for hydroxylation is 2. The fourth-order valence-electron chi connectivity index (χ4n) is 2.80. The molecule has 0 saturated heterocycles. The molecule has 1 atom stereocenters. The van der Waals surface area contributed by atoms with E-state index in [1.165, 1.54) is 4.90 Å². The van der Waals surface area contributed by atoms with Gasteiger partial charge in [0.25, 0.3) is 5.91 Å². The van der Waals surface area contributed by atoms with Gasteiger partial charge < -0.3 is 14.4 Å². The van der Waals surface area contributed by atoms with Crippen LogP contribution in [0.5, 0.6) is 0 Å². The van der Waals surface area contributed by atoms with Crippen LogP contribution in [0.4, 0.5) is 5.69 Å². The van der Waals surface area contributed by atoms with Crippen LogP contribution in [0.1, 0.15) is 33.4 Å². The molecule has 1 aliphatic rings. The summed E-state index contributed by atoms with van der Waals surface area (Å²) >= 11 is 0.